The zero-order valence-electron chi connectivity index (χ0n) is 20.3. The molecule has 2 aromatic carbocycles. The lowest BCUT2D eigenvalue weighted by atomic mass is 10.1. The van der Waals surface area contributed by atoms with Gasteiger partial charge < -0.3 is 30.8 Å². The van der Waals surface area contributed by atoms with Gasteiger partial charge in [0.2, 0.25) is 11.9 Å². The highest BCUT2D eigenvalue weighted by Gasteiger charge is 2.23. The quantitative estimate of drug-likeness (QED) is 0.323. The minimum atomic E-state index is -0.899. The van der Waals surface area contributed by atoms with Crippen LogP contribution in [0.3, 0.4) is 0 Å². The van der Waals surface area contributed by atoms with Gasteiger partial charge in [-0.3, -0.25) is 9.59 Å². The van der Waals surface area contributed by atoms with Crippen LogP contribution in [0, 0.1) is 5.82 Å². The van der Waals surface area contributed by atoms with E-state index in [4.69, 9.17) is 21.2 Å². The second kappa shape index (κ2) is 11.7. The molecule has 0 radical (unpaired) electrons. The maximum atomic E-state index is 14.6. The molecular formula is C24H23ClFN7O5. The minimum Gasteiger partial charge on any atom is -0.433 e. The molecule has 198 valence electrons. The molecule has 0 saturated carbocycles. The molecule has 3 aromatic rings. The number of nitrogens with one attached hydrogen (secondary N) is 4. The number of nitrogens with zero attached hydrogens (tertiary/aromatic N) is 3. The molecule has 1 aliphatic rings. The number of aromatic nitrogens is 2. The molecule has 0 unspecified atom stereocenters. The summed E-state index contributed by atoms with van der Waals surface area (Å²) in [6.45, 7) is 1.75. The Bertz CT molecular complexity index is 1390. The fourth-order valence-electron chi connectivity index (χ4n) is 3.56. The third kappa shape index (κ3) is 6.25. The molecule has 38 heavy (non-hydrogen) atoms. The van der Waals surface area contributed by atoms with Crippen molar-refractivity contribution < 1.29 is 28.3 Å². The molecule has 2 amide bonds. The Morgan fingerprint density at radius 1 is 1.21 bits per heavy atom. The molecule has 0 fully saturated rings. The van der Waals surface area contributed by atoms with Crippen molar-refractivity contribution in [2.75, 3.05) is 36.1 Å². The lowest BCUT2D eigenvalue weighted by Gasteiger charge is -2.17. The first-order valence-corrected chi connectivity index (χ1v) is 11.7. The molecule has 1 aliphatic heterocycles. The SMILES string of the molecule is CCOC(=O)ON1CC(=O)Nc2cc(Nc3ncc(Cl)c(Nc4c(F)cccc4C(=O)NC)n3)ccc2C1. The molecule has 12 nitrogen and oxygen atoms in total. The summed E-state index contributed by atoms with van der Waals surface area (Å²) in [7, 11) is 1.44. The van der Waals surface area contributed by atoms with Gasteiger partial charge in [0, 0.05) is 18.4 Å². The highest BCUT2D eigenvalue weighted by Crippen LogP contribution is 2.30. The van der Waals surface area contributed by atoms with Gasteiger partial charge in [0.1, 0.15) is 17.4 Å². The van der Waals surface area contributed by atoms with E-state index in [1.807, 2.05) is 0 Å². The minimum absolute atomic E-state index is 0.0641. The summed E-state index contributed by atoms with van der Waals surface area (Å²) in [6.07, 6.45) is 0.416. The monoisotopic (exact) mass is 543 g/mol. The lowest BCUT2D eigenvalue weighted by molar-refractivity contribution is -0.146. The van der Waals surface area contributed by atoms with Crippen LogP contribution in [0.15, 0.2) is 42.6 Å². The van der Waals surface area contributed by atoms with E-state index in [1.165, 1.54) is 36.5 Å². The Labute approximate surface area is 221 Å². The number of hydrogen-bond donors (Lipinski definition) is 4. The fraction of sp³-hybridized carbons (Fsp3) is 0.208. The Morgan fingerprint density at radius 3 is 2.79 bits per heavy atom. The third-order valence-corrected chi connectivity index (χ3v) is 5.52. The molecule has 0 aliphatic carbocycles. The summed E-state index contributed by atoms with van der Waals surface area (Å²) in [5, 5.41) is 12.3. The fourth-order valence-corrected chi connectivity index (χ4v) is 3.69. The Balaban J connectivity index is 1.54. The van der Waals surface area contributed by atoms with Crippen molar-refractivity contribution in [2.45, 2.75) is 13.5 Å². The van der Waals surface area contributed by atoms with E-state index in [9.17, 15) is 18.8 Å². The summed E-state index contributed by atoms with van der Waals surface area (Å²) in [5.74, 6) is -1.38. The number of hydrogen-bond acceptors (Lipinski definition) is 10. The summed E-state index contributed by atoms with van der Waals surface area (Å²) in [5.41, 5.74) is 1.67. The molecule has 4 rings (SSSR count). The Morgan fingerprint density at radius 2 is 2.03 bits per heavy atom. The van der Waals surface area contributed by atoms with E-state index >= 15 is 0 Å². The molecule has 14 heteroatoms. The van der Waals surface area contributed by atoms with E-state index < -0.39 is 23.8 Å². The molecule has 4 N–H and O–H groups in total. The average Bonchev–Trinajstić information content (AvgIpc) is 3.03. The van der Waals surface area contributed by atoms with Crippen molar-refractivity contribution in [3.8, 4) is 0 Å². The number of amides is 2. The van der Waals surface area contributed by atoms with Gasteiger partial charge in [0.05, 0.1) is 30.6 Å². The predicted octanol–water partition coefficient (Wildman–Crippen LogP) is 3.96. The van der Waals surface area contributed by atoms with Gasteiger partial charge in [-0.1, -0.05) is 23.7 Å². The molecular weight excluding hydrogens is 521 g/mol. The van der Waals surface area contributed by atoms with Gasteiger partial charge in [-0.05, 0) is 36.8 Å². The maximum absolute atomic E-state index is 14.6. The molecule has 0 atom stereocenters. The standard InChI is InChI=1S/C24H23ClFN7O5/c1-3-37-24(36)38-33-11-13-7-8-14(9-18(13)30-19(34)12-33)29-23-28-10-16(25)21(32-23)31-20-15(22(35)27-2)5-4-6-17(20)26/h4-10H,3,11-12H2,1-2H3,(H,27,35)(H,30,34)(H2,28,29,31,32). The van der Waals surface area contributed by atoms with Crippen molar-refractivity contribution >= 4 is 58.4 Å². The van der Waals surface area contributed by atoms with Crippen LogP contribution in [0.5, 0.6) is 0 Å². The van der Waals surface area contributed by atoms with E-state index in [0.717, 1.165) is 0 Å². The number of para-hydroxylation sites is 1. The number of anilines is 5. The second-order valence-electron chi connectivity index (χ2n) is 7.87. The van der Waals surface area contributed by atoms with Crippen molar-refractivity contribution in [2.24, 2.45) is 0 Å². The number of carbonyl (C=O) groups excluding carboxylic acids is 3. The van der Waals surface area contributed by atoms with Gasteiger partial charge in [-0.2, -0.15) is 4.98 Å². The number of halogens is 2. The zero-order chi connectivity index (χ0) is 27.2. The van der Waals surface area contributed by atoms with Gasteiger partial charge in [0.15, 0.2) is 5.82 Å². The van der Waals surface area contributed by atoms with Gasteiger partial charge in [-0.15, -0.1) is 5.06 Å². The first-order valence-electron chi connectivity index (χ1n) is 11.4. The summed E-state index contributed by atoms with van der Waals surface area (Å²) < 4.78 is 19.3. The highest BCUT2D eigenvalue weighted by molar-refractivity contribution is 6.33. The van der Waals surface area contributed by atoms with E-state index in [2.05, 4.69) is 31.2 Å². The van der Waals surface area contributed by atoms with Crippen LogP contribution in [0.1, 0.15) is 22.8 Å². The first-order chi connectivity index (χ1) is 18.3. The summed E-state index contributed by atoms with van der Waals surface area (Å²) >= 11 is 6.23. The van der Waals surface area contributed by atoms with Gasteiger partial charge in [0.25, 0.3) is 5.91 Å². The topological polar surface area (TPSA) is 147 Å². The number of fused-ring (bicyclic) bond motifs is 1. The number of rotatable bonds is 7. The van der Waals surface area contributed by atoms with Crippen LogP contribution in [0.2, 0.25) is 5.02 Å². The molecule has 0 saturated heterocycles. The summed E-state index contributed by atoms with van der Waals surface area (Å²) in [4.78, 5) is 49.7. The molecule has 0 bridgehead atoms. The first kappa shape index (κ1) is 26.6. The van der Waals surface area contributed by atoms with Crippen molar-refractivity contribution in [1.82, 2.24) is 20.3 Å². The molecule has 2 heterocycles. The zero-order valence-corrected chi connectivity index (χ0v) is 21.1. The Kier molecular flexibility index (Phi) is 8.19. The second-order valence-corrected chi connectivity index (χ2v) is 8.28. The average molecular weight is 544 g/mol. The van der Waals surface area contributed by atoms with E-state index in [-0.39, 0.29) is 47.7 Å². The van der Waals surface area contributed by atoms with Crippen LogP contribution in [0.4, 0.5) is 38.0 Å². The molecule has 1 aromatic heterocycles. The smallest absolute Gasteiger partial charge is 0.433 e. The van der Waals surface area contributed by atoms with E-state index in [0.29, 0.717) is 16.9 Å². The van der Waals surface area contributed by atoms with Crippen molar-refractivity contribution in [3.05, 3.63) is 64.6 Å². The van der Waals surface area contributed by atoms with Crippen LogP contribution < -0.4 is 21.3 Å². The normalized spacial score (nSPS) is 13.0. The largest absolute Gasteiger partial charge is 0.527 e. The van der Waals surface area contributed by atoms with Crippen molar-refractivity contribution in [1.29, 1.82) is 0 Å². The van der Waals surface area contributed by atoms with Crippen molar-refractivity contribution in [3.63, 3.8) is 0 Å². The van der Waals surface area contributed by atoms with Crippen LogP contribution in [-0.2, 0) is 20.9 Å². The number of carbonyl (C=O) groups is 3. The lowest BCUT2D eigenvalue weighted by Crippen LogP contribution is -2.32. The van der Waals surface area contributed by atoms with Crippen LogP contribution >= 0.6 is 11.6 Å². The van der Waals surface area contributed by atoms with Gasteiger partial charge in [-0.25, -0.2) is 14.2 Å². The summed E-state index contributed by atoms with van der Waals surface area (Å²) in [6, 6.07) is 9.18. The van der Waals surface area contributed by atoms with Crippen LogP contribution in [-0.4, -0.2) is 53.2 Å². The molecule has 0 spiro atoms. The van der Waals surface area contributed by atoms with E-state index in [1.54, 1.807) is 25.1 Å². The predicted molar refractivity (Wildman–Crippen MR) is 137 cm³/mol. The number of benzene rings is 2. The highest BCUT2D eigenvalue weighted by atomic mass is 35.5. The Hall–Kier alpha value is -4.49. The third-order valence-electron chi connectivity index (χ3n) is 5.25. The number of ether oxygens (including phenoxy) is 1. The van der Waals surface area contributed by atoms with Gasteiger partial charge >= 0.3 is 6.16 Å². The van der Waals surface area contributed by atoms with Crippen LogP contribution in [0.25, 0.3) is 0 Å². The number of hydroxylamine groups is 2. The maximum Gasteiger partial charge on any atom is 0.527 e.